The van der Waals surface area contributed by atoms with Gasteiger partial charge in [-0.2, -0.15) is 0 Å². The van der Waals surface area contributed by atoms with Crippen LogP contribution in [0.1, 0.15) is 29.7 Å². The maximum absolute atomic E-state index is 9.58. The van der Waals surface area contributed by atoms with Crippen molar-refractivity contribution < 1.29 is 9.84 Å². The van der Waals surface area contributed by atoms with Gasteiger partial charge in [0.1, 0.15) is 0 Å². The minimum Gasteiger partial charge on any atom is -0.504 e. The molecule has 0 bridgehead atoms. The summed E-state index contributed by atoms with van der Waals surface area (Å²) < 4.78 is 5.12. The van der Waals surface area contributed by atoms with Gasteiger partial charge in [-0.25, -0.2) is 0 Å². The molecule has 2 N–H and O–H groups in total. The zero-order valence-corrected chi connectivity index (χ0v) is 12.2. The van der Waals surface area contributed by atoms with Crippen molar-refractivity contribution in [3.05, 3.63) is 59.2 Å². The van der Waals surface area contributed by atoms with Crippen LogP contribution in [0.5, 0.6) is 11.5 Å². The Kier molecular flexibility index (Phi) is 4.64. The zero-order chi connectivity index (χ0) is 14.5. The van der Waals surface area contributed by atoms with E-state index >= 15 is 0 Å². The van der Waals surface area contributed by atoms with Crippen LogP contribution >= 0.6 is 0 Å². The number of ether oxygens (including phenoxy) is 1. The van der Waals surface area contributed by atoms with E-state index < -0.39 is 0 Å². The van der Waals surface area contributed by atoms with Gasteiger partial charge in [0.15, 0.2) is 11.5 Å². The summed E-state index contributed by atoms with van der Waals surface area (Å²) in [5.74, 6) is 0.676. The summed E-state index contributed by atoms with van der Waals surface area (Å²) in [6.07, 6.45) is 0. The Morgan fingerprint density at radius 1 is 1.20 bits per heavy atom. The highest BCUT2D eigenvalue weighted by molar-refractivity contribution is 5.41. The monoisotopic (exact) mass is 271 g/mol. The molecule has 0 amide bonds. The number of hydrogen-bond donors (Lipinski definition) is 2. The number of methoxy groups -OCH3 is 1. The molecule has 2 aromatic rings. The lowest BCUT2D eigenvalue weighted by molar-refractivity contribution is 0.372. The number of phenolic OH excluding ortho intramolecular Hbond substituents is 1. The maximum atomic E-state index is 9.58. The third kappa shape index (κ3) is 3.52. The normalized spacial score (nSPS) is 12.2. The quantitative estimate of drug-likeness (QED) is 0.873. The lowest BCUT2D eigenvalue weighted by Crippen LogP contribution is -2.18. The molecule has 1 atom stereocenters. The van der Waals surface area contributed by atoms with Crippen molar-refractivity contribution in [3.8, 4) is 11.5 Å². The average molecular weight is 271 g/mol. The van der Waals surface area contributed by atoms with E-state index in [1.54, 1.807) is 13.2 Å². The lowest BCUT2D eigenvalue weighted by atomic mass is 10.1. The van der Waals surface area contributed by atoms with Gasteiger partial charge < -0.3 is 15.2 Å². The number of aromatic hydroxyl groups is 1. The Morgan fingerprint density at radius 2 is 2.00 bits per heavy atom. The van der Waals surface area contributed by atoms with Crippen molar-refractivity contribution in [3.63, 3.8) is 0 Å². The molecule has 0 spiro atoms. The Hall–Kier alpha value is -2.00. The highest BCUT2D eigenvalue weighted by Gasteiger charge is 2.07. The van der Waals surface area contributed by atoms with Crippen LogP contribution in [0, 0.1) is 6.92 Å². The first-order valence-corrected chi connectivity index (χ1v) is 6.76. The van der Waals surface area contributed by atoms with Crippen LogP contribution in [0.25, 0.3) is 0 Å². The van der Waals surface area contributed by atoms with Gasteiger partial charge in [-0.3, -0.25) is 0 Å². The minimum atomic E-state index is 0.169. The predicted octanol–water partition coefficient (Wildman–Crippen LogP) is 3.56. The highest BCUT2D eigenvalue weighted by atomic mass is 16.5. The van der Waals surface area contributed by atoms with Gasteiger partial charge in [0, 0.05) is 12.6 Å². The Morgan fingerprint density at radius 3 is 2.70 bits per heavy atom. The van der Waals surface area contributed by atoms with Crippen LogP contribution in [0.15, 0.2) is 42.5 Å². The zero-order valence-electron chi connectivity index (χ0n) is 12.2. The topological polar surface area (TPSA) is 41.5 Å². The van der Waals surface area contributed by atoms with E-state index in [2.05, 4.69) is 43.4 Å². The summed E-state index contributed by atoms with van der Waals surface area (Å²) in [6, 6.07) is 14.2. The Balaban J connectivity index is 2.01. The van der Waals surface area contributed by atoms with E-state index in [4.69, 9.17) is 4.74 Å². The molecular weight excluding hydrogens is 250 g/mol. The predicted molar refractivity (Wildman–Crippen MR) is 81.1 cm³/mol. The fourth-order valence-corrected chi connectivity index (χ4v) is 2.16. The summed E-state index contributed by atoms with van der Waals surface area (Å²) in [4.78, 5) is 0. The van der Waals surface area contributed by atoms with Gasteiger partial charge in [0.05, 0.1) is 7.11 Å². The first kappa shape index (κ1) is 14.4. The lowest BCUT2D eigenvalue weighted by Gasteiger charge is -2.15. The second kappa shape index (κ2) is 6.44. The van der Waals surface area contributed by atoms with Crippen molar-refractivity contribution in [2.24, 2.45) is 0 Å². The molecule has 2 rings (SSSR count). The molecule has 0 aliphatic rings. The van der Waals surface area contributed by atoms with E-state index in [-0.39, 0.29) is 11.8 Å². The van der Waals surface area contributed by atoms with Gasteiger partial charge in [-0.15, -0.1) is 0 Å². The van der Waals surface area contributed by atoms with Crippen molar-refractivity contribution in [2.75, 3.05) is 7.11 Å². The van der Waals surface area contributed by atoms with E-state index in [1.807, 2.05) is 12.1 Å². The standard InChI is InChI=1S/C17H21NO2/c1-12-5-4-6-15(9-12)13(2)18-11-14-7-8-16(19)17(10-14)20-3/h4-10,13,18-19H,11H2,1-3H3/t13-/m1/s1. The second-order valence-corrected chi connectivity index (χ2v) is 5.02. The Labute approximate surface area is 120 Å². The van der Waals surface area contributed by atoms with Crippen molar-refractivity contribution in [2.45, 2.75) is 26.4 Å². The highest BCUT2D eigenvalue weighted by Crippen LogP contribution is 2.26. The van der Waals surface area contributed by atoms with Crippen LogP contribution in [-0.4, -0.2) is 12.2 Å². The van der Waals surface area contributed by atoms with Crippen molar-refractivity contribution in [1.82, 2.24) is 5.32 Å². The van der Waals surface area contributed by atoms with E-state index in [0.717, 1.165) is 12.1 Å². The molecule has 0 radical (unpaired) electrons. The van der Waals surface area contributed by atoms with Crippen LogP contribution < -0.4 is 10.1 Å². The maximum Gasteiger partial charge on any atom is 0.160 e. The summed E-state index contributed by atoms with van der Waals surface area (Å²) >= 11 is 0. The van der Waals surface area contributed by atoms with Crippen molar-refractivity contribution >= 4 is 0 Å². The second-order valence-electron chi connectivity index (χ2n) is 5.02. The van der Waals surface area contributed by atoms with Gasteiger partial charge in [-0.05, 0) is 37.1 Å². The van der Waals surface area contributed by atoms with Crippen LogP contribution in [-0.2, 0) is 6.54 Å². The Bertz CT molecular complexity index is 581. The molecule has 2 aromatic carbocycles. The fourth-order valence-electron chi connectivity index (χ4n) is 2.16. The smallest absolute Gasteiger partial charge is 0.160 e. The summed E-state index contributed by atoms with van der Waals surface area (Å²) in [7, 11) is 1.56. The molecular formula is C17H21NO2. The molecule has 0 saturated carbocycles. The molecule has 0 unspecified atom stereocenters. The molecule has 0 aliphatic carbocycles. The first-order valence-electron chi connectivity index (χ1n) is 6.76. The molecule has 0 aliphatic heterocycles. The number of hydrogen-bond acceptors (Lipinski definition) is 3. The minimum absolute atomic E-state index is 0.169. The number of rotatable bonds is 5. The molecule has 0 aromatic heterocycles. The SMILES string of the molecule is COc1cc(CN[C@H](C)c2cccc(C)c2)ccc1O. The van der Waals surface area contributed by atoms with Gasteiger partial charge in [-0.1, -0.05) is 35.9 Å². The van der Waals surface area contributed by atoms with E-state index in [0.29, 0.717) is 5.75 Å². The van der Waals surface area contributed by atoms with Crippen LogP contribution in [0.3, 0.4) is 0 Å². The number of phenols is 1. The van der Waals surface area contributed by atoms with Gasteiger partial charge >= 0.3 is 0 Å². The molecule has 0 saturated heterocycles. The van der Waals surface area contributed by atoms with E-state index in [9.17, 15) is 5.11 Å². The third-order valence-corrected chi connectivity index (χ3v) is 3.40. The largest absolute Gasteiger partial charge is 0.504 e. The number of benzene rings is 2. The molecule has 3 heteroatoms. The molecule has 0 heterocycles. The number of nitrogens with one attached hydrogen (secondary N) is 1. The summed E-state index contributed by atoms with van der Waals surface area (Å²) in [5.41, 5.74) is 3.62. The average Bonchev–Trinajstić information content (AvgIpc) is 2.46. The van der Waals surface area contributed by atoms with E-state index in [1.165, 1.54) is 11.1 Å². The van der Waals surface area contributed by atoms with Gasteiger partial charge in [0.2, 0.25) is 0 Å². The molecule has 106 valence electrons. The fraction of sp³-hybridized carbons (Fsp3) is 0.294. The molecule has 3 nitrogen and oxygen atoms in total. The van der Waals surface area contributed by atoms with Crippen molar-refractivity contribution in [1.29, 1.82) is 0 Å². The summed E-state index contributed by atoms with van der Waals surface area (Å²) in [6.45, 7) is 4.97. The van der Waals surface area contributed by atoms with Crippen LogP contribution in [0.4, 0.5) is 0 Å². The molecule has 0 fully saturated rings. The number of aryl methyl sites for hydroxylation is 1. The summed E-state index contributed by atoms with van der Waals surface area (Å²) in [5, 5.41) is 13.1. The third-order valence-electron chi connectivity index (χ3n) is 3.40. The van der Waals surface area contributed by atoms with Gasteiger partial charge in [0.25, 0.3) is 0 Å². The molecule has 20 heavy (non-hydrogen) atoms. The van der Waals surface area contributed by atoms with Crippen LogP contribution in [0.2, 0.25) is 0 Å². The first-order chi connectivity index (χ1) is 9.60.